The third-order valence-electron chi connectivity index (χ3n) is 5.50. The van der Waals surface area contributed by atoms with Crippen LogP contribution in [-0.2, 0) is 14.8 Å². The number of hydrogen-bond acceptors (Lipinski definition) is 7. The molecule has 2 amide bonds. The van der Waals surface area contributed by atoms with Gasteiger partial charge in [0.15, 0.2) is 5.82 Å². The Morgan fingerprint density at radius 3 is 2.29 bits per heavy atom. The molecule has 0 unspecified atom stereocenters. The van der Waals surface area contributed by atoms with Crippen molar-refractivity contribution in [2.75, 3.05) is 31.5 Å². The Hall–Kier alpha value is -3.71. The van der Waals surface area contributed by atoms with Crippen LogP contribution < -0.4 is 5.32 Å². The van der Waals surface area contributed by atoms with Crippen molar-refractivity contribution >= 4 is 27.5 Å². The van der Waals surface area contributed by atoms with Gasteiger partial charge in [0.25, 0.3) is 5.91 Å². The molecule has 1 aromatic heterocycles. The predicted molar refractivity (Wildman–Crippen MR) is 119 cm³/mol. The molecular weight excluding hydrogens is 465 g/mol. The number of rotatable bonds is 5. The van der Waals surface area contributed by atoms with Crippen LogP contribution in [0.25, 0.3) is 5.69 Å². The van der Waals surface area contributed by atoms with E-state index in [0.717, 1.165) is 0 Å². The van der Waals surface area contributed by atoms with E-state index >= 15 is 0 Å². The molecule has 1 fully saturated rings. The van der Waals surface area contributed by atoms with E-state index in [4.69, 9.17) is 0 Å². The van der Waals surface area contributed by atoms with Gasteiger partial charge in [0.1, 0.15) is 11.5 Å². The summed E-state index contributed by atoms with van der Waals surface area (Å²) in [5.74, 6) is -0.771. The summed E-state index contributed by atoms with van der Waals surface area (Å²) in [5.41, 5.74) is 0.618. The lowest BCUT2D eigenvalue weighted by Gasteiger charge is -2.33. The van der Waals surface area contributed by atoms with Crippen molar-refractivity contribution in [3.05, 3.63) is 59.7 Å². The number of carbonyl (C=O) groups is 2. The summed E-state index contributed by atoms with van der Waals surface area (Å²) >= 11 is 0. The highest BCUT2D eigenvalue weighted by atomic mass is 32.2. The minimum Gasteiger partial charge on any atom is -0.340 e. The van der Waals surface area contributed by atoms with Crippen LogP contribution in [0.15, 0.2) is 47.4 Å². The second kappa shape index (κ2) is 9.27. The van der Waals surface area contributed by atoms with Crippen LogP contribution in [0.1, 0.15) is 23.1 Å². The molecule has 178 valence electrons. The summed E-state index contributed by atoms with van der Waals surface area (Å²) in [4.78, 5) is 25.8. The molecule has 1 N–H and O–H groups in total. The molecule has 13 heteroatoms. The second-order valence-electron chi connectivity index (χ2n) is 7.69. The van der Waals surface area contributed by atoms with Gasteiger partial charge in [-0.3, -0.25) is 9.59 Å². The third-order valence-corrected chi connectivity index (χ3v) is 7.41. The molecule has 0 radical (unpaired) electrons. The fraction of sp³-hybridized carbons (Fsp3) is 0.286. The molecule has 0 spiro atoms. The van der Waals surface area contributed by atoms with Crippen molar-refractivity contribution in [1.29, 1.82) is 0 Å². The number of tetrazole rings is 1. The van der Waals surface area contributed by atoms with Gasteiger partial charge in [0.05, 0.1) is 4.90 Å². The molecule has 11 nitrogen and oxygen atoms in total. The number of nitrogens with zero attached hydrogens (tertiary/aromatic N) is 6. The number of benzene rings is 2. The summed E-state index contributed by atoms with van der Waals surface area (Å²) in [6.45, 7) is 4.14. The Morgan fingerprint density at radius 2 is 1.71 bits per heavy atom. The molecule has 34 heavy (non-hydrogen) atoms. The zero-order chi connectivity index (χ0) is 24.5. The first-order valence-electron chi connectivity index (χ1n) is 10.4. The topological polar surface area (TPSA) is 130 Å². The summed E-state index contributed by atoms with van der Waals surface area (Å²) in [6, 6.07) is 9.53. The van der Waals surface area contributed by atoms with E-state index in [-0.39, 0.29) is 35.1 Å². The lowest BCUT2D eigenvalue weighted by atomic mass is 10.2. The minimum atomic E-state index is -3.75. The Morgan fingerprint density at radius 1 is 1.03 bits per heavy atom. The molecule has 2 heterocycles. The van der Waals surface area contributed by atoms with Crippen molar-refractivity contribution in [3.8, 4) is 5.69 Å². The molecule has 4 rings (SSSR count). The van der Waals surface area contributed by atoms with Crippen LogP contribution in [0.2, 0.25) is 0 Å². The predicted octanol–water partition coefficient (Wildman–Crippen LogP) is 1.21. The fourth-order valence-electron chi connectivity index (χ4n) is 3.58. The normalized spacial score (nSPS) is 14.7. The quantitative estimate of drug-likeness (QED) is 0.573. The van der Waals surface area contributed by atoms with Crippen LogP contribution in [0, 0.1) is 12.7 Å². The van der Waals surface area contributed by atoms with Crippen molar-refractivity contribution in [3.63, 3.8) is 0 Å². The number of amides is 2. The third kappa shape index (κ3) is 4.65. The standard InChI is InChI=1S/C21H22FN7O4S/c1-14-24-25-26-29(14)20-13-17(5-8-19(20)22)23-21(31)16-3-6-18(7-4-16)34(32,33)28-11-9-27(10-12-28)15(2)30/h3-8,13H,9-12H2,1-2H3,(H,23,31). The molecule has 0 atom stereocenters. The van der Waals surface area contributed by atoms with Crippen molar-refractivity contribution < 1.29 is 22.4 Å². The average Bonchev–Trinajstić information content (AvgIpc) is 3.26. The van der Waals surface area contributed by atoms with Crippen molar-refractivity contribution in [1.82, 2.24) is 29.4 Å². The monoisotopic (exact) mass is 487 g/mol. The maximum atomic E-state index is 14.2. The first-order valence-corrected chi connectivity index (χ1v) is 11.8. The number of aryl methyl sites for hydroxylation is 1. The lowest BCUT2D eigenvalue weighted by Crippen LogP contribution is -2.49. The Kier molecular flexibility index (Phi) is 6.39. The van der Waals surface area contributed by atoms with E-state index < -0.39 is 21.7 Å². The molecule has 1 saturated heterocycles. The second-order valence-corrected chi connectivity index (χ2v) is 9.63. The van der Waals surface area contributed by atoms with E-state index in [1.165, 1.54) is 58.4 Å². The lowest BCUT2D eigenvalue weighted by molar-refractivity contribution is -0.129. The van der Waals surface area contributed by atoms with E-state index in [2.05, 4.69) is 20.8 Å². The van der Waals surface area contributed by atoms with Gasteiger partial charge in [0.2, 0.25) is 15.9 Å². The van der Waals surface area contributed by atoms with Crippen molar-refractivity contribution in [2.45, 2.75) is 18.7 Å². The summed E-state index contributed by atoms with van der Waals surface area (Å²) in [5, 5.41) is 13.6. The molecule has 1 aliphatic heterocycles. The number of sulfonamides is 1. The molecule has 0 saturated carbocycles. The van der Waals surface area contributed by atoms with Crippen LogP contribution in [0.5, 0.6) is 0 Å². The van der Waals surface area contributed by atoms with Gasteiger partial charge in [-0.2, -0.15) is 8.99 Å². The maximum absolute atomic E-state index is 14.2. The number of hydrogen-bond donors (Lipinski definition) is 1. The molecule has 0 bridgehead atoms. The average molecular weight is 488 g/mol. The first-order chi connectivity index (χ1) is 16.2. The number of piperazine rings is 1. The highest BCUT2D eigenvalue weighted by Gasteiger charge is 2.29. The van der Waals surface area contributed by atoms with Gasteiger partial charge in [-0.1, -0.05) is 0 Å². The Bertz CT molecular complexity index is 1330. The maximum Gasteiger partial charge on any atom is 0.255 e. The molecule has 2 aromatic carbocycles. The zero-order valence-electron chi connectivity index (χ0n) is 18.5. The summed E-state index contributed by atoms with van der Waals surface area (Å²) in [7, 11) is -3.75. The molecule has 0 aliphatic carbocycles. The fourth-order valence-corrected chi connectivity index (χ4v) is 5.00. The van der Waals surface area contributed by atoms with E-state index in [9.17, 15) is 22.4 Å². The smallest absolute Gasteiger partial charge is 0.255 e. The van der Waals surface area contributed by atoms with Gasteiger partial charge in [-0.15, -0.1) is 5.10 Å². The van der Waals surface area contributed by atoms with E-state index in [0.29, 0.717) is 24.6 Å². The Balaban J connectivity index is 1.47. The highest BCUT2D eigenvalue weighted by Crippen LogP contribution is 2.21. The summed E-state index contributed by atoms with van der Waals surface area (Å²) in [6.07, 6.45) is 0. The number of halogens is 1. The van der Waals surface area contributed by atoms with Gasteiger partial charge in [-0.25, -0.2) is 12.8 Å². The summed E-state index contributed by atoms with van der Waals surface area (Å²) < 4.78 is 42.6. The number of carbonyl (C=O) groups excluding carboxylic acids is 2. The van der Waals surface area contributed by atoms with Crippen molar-refractivity contribution in [2.24, 2.45) is 0 Å². The Labute approximate surface area is 195 Å². The zero-order valence-corrected chi connectivity index (χ0v) is 19.3. The first kappa shape index (κ1) is 23.4. The SMILES string of the molecule is CC(=O)N1CCN(S(=O)(=O)c2ccc(C(=O)Nc3ccc(F)c(-n4nnnc4C)c3)cc2)CC1. The minimum absolute atomic E-state index is 0.0542. The number of aromatic nitrogens is 4. The van der Waals surface area contributed by atoms with E-state index in [1.807, 2.05) is 0 Å². The number of nitrogens with one attached hydrogen (secondary N) is 1. The number of anilines is 1. The highest BCUT2D eigenvalue weighted by molar-refractivity contribution is 7.89. The van der Waals surface area contributed by atoms with E-state index in [1.54, 1.807) is 11.8 Å². The van der Waals surface area contributed by atoms with Crippen LogP contribution >= 0.6 is 0 Å². The van der Waals surface area contributed by atoms with Gasteiger partial charge >= 0.3 is 0 Å². The van der Waals surface area contributed by atoms with Crippen LogP contribution in [0.3, 0.4) is 0 Å². The van der Waals surface area contributed by atoms with Gasteiger partial charge < -0.3 is 10.2 Å². The van der Waals surface area contributed by atoms with Crippen LogP contribution in [0.4, 0.5) is 10.1 Å². The van der Waals surface area contributed by atoms with Crippen LogP contribution in [-0.4, -0.2) is 75.8 Å². The van der Waals surface area contributed by atoms with Gasteiger partial charge in [0, 0.05) is 44.4 Å². The van der Waals surface area contributed by atoms with Gasteiger partial charge in [-0.05, 0) is 59.8 Å². The largest absolute Gasteiger partial charge is 0.340 e. The molecular formula is C21H22FN7O4S. The molecule has 1 aliphatic rings. The molecule has 3 aromatic rings.